The Kier molecular flexibility index (Phi) is 5.57. The van der Waals surface area contributed by atoms with Crippen LogP contribution in [-0.4, -0.2) is 36.7 Å². The number of likely N-dealkylation sites (tertiary alicyclic amines) is 1. The summed E-state index contributed by atoms with van der Waals surface area (Å²) in [6.45, 7) is 12.7. The third kappa shape index (κ3) is 4.63. The number of nitrogens with zero attached hydrogens (tertiary/aromatic N) is 1. The molecule has 1 atom stereocenters. The lowest BCUT2D eigenvalue weighted by molar-refractivity contribution is -0.0588. The van der Waals surface area contributed by atoms with Gasteiger partial charge in [0.1, 0.15) is 0 Å². The third-order valence-corrected chi connectivity index (χ3v) is 2.15. The molecule has 0 aromatic carbocycles. The van der Waals surface area contributed by atoms with E-state index in [-0.39, 0.29) is 5.60 Å². The van der Waals surface area contributed by atoms with E-state index in [0.717, 1.165) is 6.54 Å². The smallest absolute Gasteiger partial charge is 0.0796 e. The molecule has 0 aromatic rings. The zero-order chi connectivity index (χ0) is 10.5. The van der Waals surface area contributed by atoms with Gasteiger partial charge in [0, 0.05) is 13.1 Å². The normalized spacial score (nSPS) is 28.8. The number of hydrogen-bond donors (Lipinski definition) is 0. The average Bonchev–Trinajstić information content (AvgIpc) is 2.33. The summed E-state index contributed by atoms with van der Waals surface area (Å²) in [7, 11) is 2.15. The van der Waals surface area contributed by atoms with E-state index in [2.05, 4.69) is 32.7 Å². The van der Waals surface area contributed by atoms with E-state index in [1.807, 2.05) is 13.8 Å². The first kappa shape index (κ1) is 12.9. The first-order valence-corrected chi connectivity index (χ1v) is 5.38. The van der Waals surface area contributed by atoms with Gasteiger partial charge in [-0.2, -0.15) is 0 Å². The second kappa shape index (κ2) is 5.61. The zero-order valence-electron chi connectivity index (χ0n) is 10.1. The van der Waals surface area contributed by atoms with Crippen LogP contribution >= 0.6 is 0 Å². The highest BCUT2D eigenvalue weighted by Gasteiger charge is 2.33. The Morgan fingerprint density at radius 3 is 2.15 bits per heavy atom. The highest BCUT2D eigenvalue weighted by Crippen LogP contribution is 2.24. The lowest BCUT2D eigenvalue weighted by Crippen LogP contribution is -2.34. The van der Waals surface area contributed by atoms with Crippen LogP contribution in [0.4, 0.5) is 0 Å². The first-order valence-electron chi connectivity index (χ1n) is 5.38. The molecule has 0 aliphatic carbocycles. The molecular weight excluding hydrogens is 162 g/mol. The molecule has 0 spiro atoms. The Balaban J connectivity index is 0.000000671. The molecule has 1 heterocycles. The van der Waals surface area contributed by atoms with Gasteiger partial charge >= 0.3 is 0 Å². The quantitative estimate of drug-likeness (QED) is 0.658. The van der Waals surface area contributed by atoms with Gasteiger partial charge in [-0.1, -0.05) is 13.8 Å². The predicted octanol–water partition coefficient (Wildman–Crippen LogP) is 2.53. The molecule has 0 radical (unpaired) electrons. The van der Waals surface area contributed by atoms with Gasteiger partial charge < -0.3 is 9.64 Å². The van der Waals surface area contributed by atoms with E-state index < -0.39 is 0 Å². The van der Waals surface area contributed by atoms with Crippen molar-refractivity contribution in [2.45, 2.75) is 52.7 Å². The van der Waals surface area contributed by atoms with Gasteiger partial charge in [0.15, 0.2) is 0 Å². The van der Waals surface area contributed by atoms with Crippen LogP contribution in [0, 0.1) is 0 Å². The topological polar surface area (TPSA) is 12.5 Å². The first-order chi connectivity index (χ1) is 6.02. The van der Waals surface area contributed by atoms with E-state index in [4.69, 9.17) is 4.74 Å². The molecule has 13 heavy (non-hydrogen) atoms. The molecule has 1 unspecified atom stereocenters. The molecule has 0 bridgehead atoms. The minimum atomic E-state index is 0.114. The van der Waals surface area contributed by atoms with Crippen molar-refractivity contribution in [2.24, 2.45) is 0 Å². The predicted molar refractivity (Wildman–Crippen MR) is 58.1 cm³/mol. The summed E-state index contributed by atoms with van der Waals surface area (Å²) in [5.74, 6) is 0. The minimum absolute atomic E-state index is 0.114. The summed E-state index contributed by atoms with van der Waals surface area (Å²) in [5, 5.41) is 0. The maximum atomic E-state index is 5.83. The van der Waals surface area contributed by atoms with Crippen LogP contribution in [0.3, 0.4) is 0 Å². The molecule has 1 aliphatic rings. The lowest BCUT2D eigenvalue weighted by Gasteiger charge is -2.26. The summed E-state index contributed by atoms with van der Waals surface area (Å²) >= 11 is 0. The van der Waals surface area contributed by atoms with E-state index in [1.165, 1.54) is 13.0 Å². The van der Waals surface area contributed by atoms with Crippen molar-refractivity contribution in [3.05, 3.63) is 0 Å². The van der Waals surface area contributed by atoms with E-state index in [9.17, 15) is 0 Å². The van der Waals surface area contributed by atoms with Crippen LogP contribution in [0.2, 0.25) is 0 Å². The van der Waals surface area contributed by atoms with Gasteiger partial charge in [-0.05, 0) is 34.2 Å². The Morgan fingerprint density at radius 2 is 1.85 bits per heavy atom. The van der Waals surface area contributed by atoms with Crippen molar-refractivity contribution in [2.75, 3.05) is 20.1 Å². The highest BCUT2D eigenvalue weighted by atomic mass is 16.5. The van der Waals surface area contributed by atoms with Gasteiger partial charge in [0.2, 0.25) is 0 Å². The van der Waals surface area contributed by atoms with Gasteiger partial charge in [0.25, 0.3) is 0 Å². The second-order valence-electron chi connectivity index (χ2n) is 4.10. The molecule has 80 valence electrons. The molecule has 2 heteroatoms. The summed E-state index contributed by atoms with van der Waals surface area (Å²) in [4.78, 5) is 2.32. The number of likely N-dealkylation sites (N-methyl/N-ethyl adjacent to an activating group) is 1. The molecule has 0 N–H and O–H groups in total. The number of ether oxygens (including phenoxy) is 1. The van der Waals surface area contributed by atoms with Crippen molar-refractivity contribution in [3.63, 3.8) is 0 Å². The van der Waals surface area contributed by atoms with E-state index in [0.29, 0.717) is 6.10 Å². The number of hydrogen-bond acceptors (Lipinski definition) is 2. The molecule has 1 rings (SSSR count). The largest absolute Gasteiger partial charge is 0.371 e. The fraction of sp³-hybridized carbons (Fsp3) is 1.00. The molecule has 1 fully saturated rings. The summed E-state index contributed by atoms with van der Waals surface area (Å²) in [6.07, 6.45) is 1.52. The van der Waals surface area contributed by atoms with Crippen molar-refractivity contribution < 1.29 is 4.74 Å². The molecule has 1 aliphatic heterocycles. The maximum Gasteiger partial charge on any atom is 0.0796 e. The zero-order valence-corrected chi connectivity index (χ0v) is 10.1. The van der Waals surface area contributed by atoms with Crippen LogP contribution in [0.5, 0.6) is 0 Å². The molecular formula is C11H25NO. The maximum absolute atomic E-state index is 5.83. The van der Waals surface area contributed by atoms with Crippen LogP contribution < -0.4 is 0 Å². The fourth-order valence-electron chi connectivity index (χ4n) is 1.82. The van der Waals surface area contributed by atoms with Crippen molar-refractivity contribution in [3.8, 4) is 0 Å². The van der Waals surface area contributed by atoms with Crippen LogP contribution in [0.15, 0.2) is 0 Å². The molecule has 0 saturated carbocycles. The fourth-order valence-corrected chi connectivity index (χ4v) is 1.82. The number of rotatable bonds is 2. The van der Waals surface area contributed by atoms with Crippen molar-refractivity contribution >= 4 is 0 Å². The van der Waals surface area contributed by atoms with Crippen LogP contribution in [0.25, 0.3) is 0 Å². The van der Waals surface area contributed by atoms with Gasteiger partial charge in [-0.25, -0.2) is 0 Å². The Morgan fingerprint density at radius 1 is 1.31 bits per heavy atom. The Hall–Kier alpha value is -0.0800. The Labute approximate surface area is 83.3 Å². The van der Waals surface area contributed by atoms with Crippen LogP contribution in [-0.2, 0) is 4.74 Å². The SMILES string of the molecule is CC.CC(C)OC1(C)CCN(C)C1. The third-order valence-electron chi connectivity index (χ3n) is 2.15. The molecule has 0 aromatic heterocycles. The van der Waals surface area contributed by atoms with Gasteiger partial charge in [-0.3, -0.25) is 0 Å². The lowest BCUT2D eigenvalue weighted by atomic mass is 10.1. The monoisotopic (exact) mass is 187 g/mol. The second-order valence-corrected chi connectivity index (χ2v) is 4.10. The summed E-state index contributed by atoms with van der Waals surface area (Å²) in [5.41, 5.74) is 0.114. The van der Waals surface area contributed by atoms with Crippen molar-refractivity contribution in [1.29, 1.82) is 0 Å². The summed E-state index contributed by atoms with van der Waals surface area (Å²) < 4.78 is 5.83. The van der Waals surface area contributed by atoms with E-state index in [1.54, 1.807) is 0 Å². The molecule has 1 saturated heterocycles. The minimum Gasteiger partial charge on any atom is -0.371 e. The van der Waals surface area contributed by atoms with Gasteiger partial charge in [-0.15, -0.1) is 0 Å². The van der Waals surface area contributed by atoms with Gasteiger partial charge in [0.05, 0.1) is 11.7 Å². The highest BCUT2D eigenvalue weighted by molar-refractivity contribution is 4.86. The Bertz CT molecular complexity index is 136. The molecule has 2 nitrogen and oxygen atoms in total. The average molecular weight is 187 g/mol. The molecule has 0 amide bonds. The summed E-state index contributed by atoms with van der Waals surface area (Å²) in [6, 6.07) is 0. The van der Waals surface area contributed by atoms with E-state index >= 15 is 0 Å². The van der Waals surface area contributed by atoms with Crippen LogP contribution in [0.1, 0.15) is 41.0 Å². The van der Waals surface area contributed by atoms with Crippen molar-refractivity contribution in [1.82, 2.24) is 4.90 Å². The standard InChI is InChI=1S/C9H19NO.C2H6/c1-8(2)11-9(3)5-6-10(4)7-9;1-2/h8H,5-7H2,1-4H3;1-2H3.